The molecule has 0 atom stereocenters. The second-order valence-corrected chi connectivity index (χ2v) is 8.39. The van der Waals surface area contributed by atoms with Crippen molar-refractivity contribution in [1.29, 1.82) is 0 Å². The average molecular weight is 434 g/mol. The topological polar surface area (TPSA) is 68.3 Å². The molecular weight excluding hydrogens is 410 g/mol. The van der Waals surface area contributed by atoms with Crippen LogP contribution in [0, 0.1) is 0 Å². The van der Waals surface area contributed by atoms with E-state index in [0.717, 1.165) is 54.2 Å². The Morgan fingerprint density at radius 2 is 1.74 bits per heavy atom. The van der Waals surface area contributed by atoms with Crippen LogP contribution in [-0.4, -0.2) is 58.2 Å². The number of aliphatic hydroxyl groups is 1. The van der Waals surface area contributed by atoms with Gasteiger partial charge in [-0.1, -0.05) is 35.9 Å². The number of nitrogens with one attached hydrogen (secondary N) is 1. The molecule has 1 aliphatic heterocycles. The number of likely N-dealkylation sites (N-methyl/N-ethyl adjacent to an activating group) is 1. The van der Waals surface area contributed by atoms with E-state index in [2.05, 4.69) is 45.0 Å². The molecule has 0 unspecified atom stereocenters. The van der Waals surface area contributed by atoms with Crippen LogP contribution < -0.4 is 4.90 Å². The van der Waals surface area contributed by atoms with Crippen LogP contribution in [0.25, 0.3) is 33.7 Å². The first kappa shape index (κ1) is 20.0. The van der Waals surface area contributed by atoms with Gasteiger partial charge in [-0.2, -0.15) is 0 Å². The molecule has 4 aromatic rings. The number of rotatable bonds is 4. The van der Waals surface area contributed by atoms with Gasteiger partial charge in [-0.15, -0.1) is 0 Å². The Balaban J connectivity index is 1.40. The van der Waals surface area contributed by atoms with Gasteiger partial charge in [0.15, 0.2) is 0 Å². The predicted molar refractivity (Wildman–Crippen MR) is 125 cm³/mol. The van der Waals surface area contributed by atoms with E-state index in [-0.39, 0.29) is 6.61 Å². The fourth-order valence-electron chi connectivity index (χ4n) is 3.96. The number of aromatic amines is 1. The lowest BCUT2D eigenvalue weighted by atomic mass is 10.1. The molecule has 5 rings (SSSR count). The molecule has 158 valence electrons. The molecule has 3 heterocycles. The van der Waals surface area contributed by atoms with Crippen molar-refractivity contribution in [3.05, 3.63) is 65.3 Å². The maximum atomic E-state index is 9.23. The number of anilines is 1. The van der Waals surface area contributed by atoms with Crippen molar-refractivity contribution < 1.29 is 5.11 Å². The van der Waals surface area contributed by atoms with Crippen LogP contribution in [0.3, 0.4) is 0 Å². The summed E-state index contributed by atoms with van der Waals surface area (Å²) in [7, 11) is 2.17. The Labute approximate surface area is 186 Å². The summed E-state index contributed by atoms with van der Waals surface area (Å²) in [5.41, 5.74) is 6.56. The first-order chi connectivity index (χ1) is 15.1. The molecule has 0 bridgehead atoms. The average Bonchev–Trinajstić information content (AvgIpc) is 3.23. The molecule has 0 amide bonds. The van der Waals surface area contributed by atoms with Gasteiger partial charge in [-0.3, -0.25) is 4.98 Å². The molecule has 0 spiro atoms. The summed E-state index contributed by atoms with van der Waals surface area (Å²) in [6.45, 7) is 4.18. The molecule has 7 heteroatoms. The van der Waals surface area contributed by atoms with Gasteiger partial charge in [0.2, 0.25) is 0 Å². The SMILES string of the molecule is CN1CCN(c2ccc3nc(-c4ccc(-c5ncc(CO)cc5Cl)cc4)[nH]c3c2)CC1. The number of piperazine rings is 1. The van der Waals surface area contributed by atoms with Crippen molar-refractivity contribution in [3.8, 4) is 22.6 Å². The number of imidazole rings is 1. The fraction of sp³-hybridized carbons (Fsp3) is 0.250. The molecule has 6 nitrogen and oxygen atoms in total. The molecule has 31 heavy (non-hydrogen) atoms. The Morgan fingerprint density at radius 3 is 2.45 bits per heavy atom. The summed E-state index contributed by atoms with van der Waals surface area (Å²) in [6, 6.07) is 16.2. The lowest BCUT2D eigenvalue weighted by molar-refractivity contribution is 0.281. The van der Waals surface area contributed by atoms with Gasteiger partial charge in [0, 0.05) is 49.2 Å². The highest BCUT2D eigenvalue weighted by Crippen LogP contribution is 2.29. The van der Waals surface area contributed by atoms with E-state index in [1.54, 1.807) is 12.3 Å². The minimum absolute atomic E-state index is 0.0749. The Hall–Kier alpha value is -2.93. The van der Waals surface area contributed by atoms with Crippen LogP contribution in [0.4, 0.5) is 5.69 Å². The number of pyridine rings is 1. The summed E-state index contributed by atoms with van der Waals surface area (Å²) in [4.78, 5) is 17.4. The standard InChI is InChI=1S/C24H24ClN5O/c1-29-8-10-30(11-9-29)19-6-7-21-22(13-19)28-24(27-21)18-4-2-17(3-5-18)23-20(25)12-16(15-31)14-26-23/h2-7,12-14,31H,8-11,15H2,1H3,(H,27,28). The van der Waals surface area contributed by atoms with Gasteiger partial charge in [0.25, 0.3) is 0 Å². The van der Waals surface area contributed by atoms with Crippen molar-refractivity contribution in [2.75, 3.05) is 38.1 Å². The van der Waals surface area contributed by atoms with Crippen molar-refractivity contribution in [2.45, 2.75) is 6.61 Å². The largest absolute Gasteiger partial charge is 0.392 e. The normalized spacial score (nSPS) is 15.0. The van der Waals surface area contributed by atoms with E-state index >= 15 is 0 Å². The summed E-state index contributed by atoms with van der Waals surface area (Å²) in [5, 5.41) is 9.76. The van der Waals surface area contributed by atoms with Crippen LogP contribution in [0.5, 0.6) is 0 Å². The number of aromatic nitrogens is 3. The second-order valence-electron chi connectivity index (χ2n) is 7.99. The lowest BCUT2D eigenvalue weighted by Gasteiger charge is -2.34. The zero-order chi connectivity index (χ0) is 21.4. The van der Waals surface area contributed by atoms with Crippen LogP contribution in [-0.2, 0) is 6.61 Å². The van der Waals surface area contributed by atoms with E-state index < -0.39 is 0 Å². The van der Waals surface area contributed by atoms with Crippen molar-refractivity contribution in [2.24, 2.45) is 0 Å². The Bertz CT molecular complexity index is 1210. The molecular formula is C24H24ClN5O. The molecule has 0 radical (unpaired) electrons. The minimum Gasteiger partial charge on any atom is -0.392 e. The molecule has 1 fully saturated rings. The highest BCUT2D eigenvalue weighted by molar-refractivity contribution is 6.33. The molecule has 1 aliphatic rings. The number of benzene rings is 2. The van der Waals surface area contributed by atoms with E-state index in [1.807, 2.05) is 24.3 Å². The molecule has 0 saturated carbocycles. The van der Waals surface area contributed by atoms with Crippen LogP contribution in [0.1, 0.15) is 5.56 Å². The van der Waals surface area contributed by atoms with E-state index in [4.69, 9.17) is 16.6 Å². The van der Waals surface area contributed by atoms with Crippen molar-refractivity contribution in [3.63, 3.8) is 0 Å². The second kappa shape index (κ2) is 8.30. The van der Waals surface area contributed by atoms with E-state index in [1.165, 1.54) is 5.69 Å². The third-order valence-corrected chi connectivity index (χ3v) is 6.13. The number of hydrogen-bond donors (Lipinski definition) is 2. The maximum absolute atomic E-state index is 9.23. The number of aliphatic hydroxyl groups excluding tert-OH is 1. The van der Waals surface area contributed by atoms with Gasteiger partial charge in [0.05, 0.1) is 28.4 Å². The lowest BCUT2D eigenvalue weighted by Crippen LogP contribution is -2.44. The predicted octanol–water partition coefficient (Wildman–Crippen LogP) is 4.19. The van der Waals surface area contributed by atoms with Gasteiger partial charge >= 0.3 is 0 Å². The first-order valence-electron chi connectivity index (χ1n) is 10.4. The van der Waals surface area contributed by atoms with Crippen LogP contribution in [0.15, 0.2) is 54.7 Å². The van der Waals surface area contributed by atoms with E-state index in [9.17, 15) is 5.11 Å². The number of hydrogen-bond acceptors (Lipinski definition) is 5. The number of nitrogens with zero attached hydrogens (tertiary/aromatic N) is 4. The number of halogens is 1. The smallest absolute Gasteiger partial charge is 0.138 e. The molecule has 0 aliphatic carbocycles. The third kappa shape index (κ3) is 4.02. The third-order valence-electron chi connectivity index (χ3n) is 5.85. The fourth-order valence-corrected chi connectivity index (χ4v) is 4.26. The molecule has 2 aromatic carbocycles. The maximum Gasteiger partial charge on any atom is 0.138 e. The molecule has 1 saturated heterocycles. The number of H-pyrrole nitrogens is 1. The van der Waals surface area contributed by atoms with Crippen LogP contribution >= 0.6 is 11.6 Å². The zero-order valence-electron chi connectivity index (χ0n) is 17.3. The van der Waals surface area contributed by atoms with Gasteiger partial charge in [0.1, 0.15) is 5.82 Å². The van der Waals surface area contributed by atoms with Crippen LogP contribution in [0.2, 0.25) is 5.02 Å². The van der Waals surface area contributed by atoms with Crippen molar-refractivity contribution in [1.82, 2.24) is 19.9 Å². The number of fused-ring (bicyclic) bond motifs is 1. The quantitative estimate of drug-likeness (QED) is 0.505. The van der Waals surface area contributed by atoms with Gasteiger partial charge < -0.3 is 19.9 Å². The molecule has 2 N–H and O–H groups in total. The summed E-state index contributed by atoms with van der Waals surface area (Å²) < 4.78 is 0. The first-order valence-corrected chi connectivity index (χ1v) is 10.8. The summed E-state index contributed by atoms with van der Waals surface area (Å²) in [5.74, 6) is 0.840. The highest BCUT2D eigenvalue weighted by Gasteiger charge is 2.15. The van der Waals surface area contributed by atoms with Crippen molar-refractivity contribution >= 4 is 28.3 Å². The monoisotopic (exact) mass is 433 g/mol. The van der Waals surface area contributed by atoms with Gasteiger partial charge in [-0.25, -0.2) is 4.98 Å². The highest BCUT2D eigenvalue weighted by atomic mass is 35.5. The Morgan fingerprint density at radius 1 is 1.00 bits per heavy atom. The van der Waals surface area contributed by atoms with E-state index in [0.29, 0.717) is 16.3 Å². The van der Waals surface area contributed by atoms with Gasteiger partial charge in [-0.05, 0) is 36.9 Å². The summed E-state index contributed by atoms with van der Waals surface area (Å²) in [6.07, 6.45) is 1.65. The zero-order valence-corrected chi connectivity index (χ0v) is 18.1. The Kier molecular flexibility index (Phi) is 5.36. The summed E-state index contributed by atoms with van der Waals surface area (Å²) >= 11 is 6.34. The molecule has 2 aromatic heterocycles. The minimum atomic E-state index is -0.0749.